The summed E-state index contributed by atoms with van der Waals surface area (Å²) in [6.07, 6.45) is 2.08. The summed E-state index contributed by atoms with van der Waals surface area (Å²) in [5.41, 5.74) is 1.36. The molecule has 2 unspecified atom stereocenters. The van der Waals surface area contributed by atoms with Crippen molar-refractivity contribution < 1.29 is 27.6 Å². The maximum absolute atomic E-state index is 13.0. The average Bonchev–Trinajstić information content (AvgIpc) is 2.81. The number of fused-ring (bicyclic) bond motifs is 1. The molecule has 0 spiro atoms. The third kappa shape index (κ3) is 4.79. The van der Waals surface area contributed by atoms with Crippen molar-refractivity contribution in [2.75, 3.05) is 4.72 Å². The van der Waals surface area contributed by atoms with Gasteiger partial charge in [-0.3, -0.25) is 29.2 Å². The number of piperidine rings is 1. The predicted molar refractivity (Wildman–Crippen MR) is 125 cm³/mol. The van der Waals surface area contributed by atoms with Gasteiger partial charge in [0.1, 0.15) is 0 Å². The van der Waals surface area contributed by atoms with E-state index in [1.165, 1.54) is 24.3 Å². The average molecular weight is 483 g/mol. The van der Waals surface area contributed by atoms with Crippen LogP contribution in [0.25, 0.3) is 0 Å². The first kappa shape index (κ1) is 23.8. The molecular weight excluding hydrogens is 456 g/mol. The van der Waals surface area contributed by atoms with Crippen LogP contribution in [-0.4, -0.2) is 31.8 Å². The van der Waals surface area contributed by atoms with Crippen molar-refractivity contribution in [3.05, 3.63) is 59.2 Å². The number of hydrogen-bond donors (Lipinski definition) is 2. The summed E-state index contributed by atoms with van der Waals surface area (Å²) >= 11 is 0. The van der Waals surface area contributed by atoms with Gasteiger partial charge in [-0.1, -0.05) is 25.1 Å². The van der Waals surface area contributed by atoms with E-state index >= 15 is 0 Å². The number of carbonyl (C=O) groups is 4. The minimum atomic E-state index is -3.86. The Balaban J connectivity index is 1.49. The van der Waals surface area contributed by atoms with Crippen LogP contribution < -0.4 is 10.0 Å². The highest BCUT2D eigenvalue weighted by molar-refractivity contribution is 7.92. The molecule has 8 nitrogen and oxygen atoms in total. The van der Waals surface area contributed by atoms with Gasteiger partial charge >= 0.3 is 0 Å². The van der Waals surface area contributed by atoms with Crippen molar-refractivity contribution in [2.45, 2.75) is 50.3 Å². The number of hydrogen-bond acceptors (Lipinski definition) is 6. The summed E-state index contributed by atoms with van der Waals surface area (Å²) in [4.78, 5) is 49.3. The molecule has 178 valence electrons. The van der Waals surface area contributed by atoms with Gasteiger partial charge in [0.15, 0.2) is 11.6 Å². The molecule has 1 heterocycles. The lowest BCUT2D eigenvalue weighted by atomic mass is 9.78. The van der Waals surface area contributed by atoms with E-state index in [1.54, 1.807) is 18.2 Å². The highest BCUT2D eigenvalue weighted by atomic mass is 32.2. The molecule has 1 saturated heterocycles. The van der Waals surface area contributed by atoms with Gasteiger partial charge in [0.2, 0.25) is 11.8 Å². The highest BCUT2D eigenvalue weighted by Crippen LogP contribution is 2.33. The number of benzene rings is 2. The molecule has 34 heavy (non-hydrogen) atoms. The van der Waals surface area contributed by atoms with Crippen molar-refractivity contribution in [1.29, 1.82) is 0 Å². The summed E-state index contributed by atoms with van der Waals surface area (Å²) < 4.78 is 28.3. The molecule has 0 aromatic heterocycles. The first-order chi connectivity index (χ1) is 16.2. The van der Waals surface area contributed by atoms with Gasteiger partial charge in [-0.05, 0) is 55.5 Å². The molecular formula is C25H26N2O6S. The Bertz CT molecular complexity index is 1280. The SMILES string of the molecule is CCc1ccccc1S(=O)(=O)Nc1ccc2c(c1)C(=O)CC(CCC1CCC(=O)NC1=O)C2=O. The number of amides is 2. The standard InChI is InChI=1S/C25H26N2O6S/c1-2-15-5-3-4-6-22(15)34(32,33)27-18-10-11-19-20(14-18)21(28)13-17(24(19)30)8-7-16-9-12-23(29)26-25(16)31/h3-6,10-11,14,16-17,27H,2,7-9,12-13H2,1H3,(H,26,29,31). The van der Waals surface area contributed by atoms with E-state index in [9.17, 15) is 27.6 Å². The zero-order chi connectivity index (χ0) is 24.5. The molecule has 2 aromatic rings. The number of imide groups is 1. The van der Waals surface area contributed by atoms with Crippen molar-refractivity contribution in [2.24, 2.45) is 11.8 Å². The van der Waals surface area contributed by atoms with E-state index in [-0.39, 0.29) is 63.9 Å². The molecule has 9 heteroatoms. The Labute approximate surface area is 198 Å². The van der Waals surface area contributed by atoms with Crippen LogP contribution in [0.1, 0.15) is 65.3 Å². The van der Waals surface area contributed by atoms with Gasteiger partial charge in [0, 0.05) is 41.5 Å². The van der Waals surface area contributed by atoms with Crippen LogP contribution in [0.4, 0.5) is 5.69 Å². The fraction of sp³-hybridized carbons (Fsp3) is 0.360. The lowest BCUT2D eigenvalue weighted by molar-refractivity contribution is -0.136. The second-order valence-corrected chi connectivity index (χ2v) is 10.4. The van der Waals surface area contributed by atoms with Crippen LogP contribution in [0.15, 0.2) is 47.4 Å². The maximum atomic E-state index is 13.0. The maximum Gasteiger partial charge on any atom is 0.262 e. The van der Waals surface area contributed by atoms with Gasteiger partial charge in [-0.15, -0.1) is 0 Å². The van der Waals surface area contributed by atoms with E-state index in [0.717, 1.165) is 0 Å². The Morgan fingerprint density at radius 2 is 1.71 bits per heavy atom. The summed E-state index contributed by atoms with van der Waals surface area (Å²) in [5, 5.41) is 2.31. The van der Waals surface area contributed by atoms with Crippen LogP contribution in [0.5, 0.6) is 0 Å². The zero-order valence-corrected chi connectivity index (χ0v) is 19.6. The van der Waals surface area contributed by atoms with Crippen molar-refractivity contribution in [3.63, 3.8) is 0 Å². The van der Waals surface area contributed by atoms with Crippen LogP contribution >= 0.6 is 0 Å². The second-order valence-electron chi connectivity index (χ2n) is 8.74. The lowest BCUT2D eigenvalue weighted by Crippen LogP contribution is -2.41. The van der Waals surface area contributed by atoms with Gasteiger partial charge < -0.3 is 0 Å². The normalized spacial score (nSPS) is 20.6. The minimum absolute atomic E-state index is 0.00791. The third-order valence-electron chi connectivity index (χ3n) is 6.50. The molecule has 0 bridgehead atoms. The first-order valence-electron chi connectivity index (χ1n) is 11.4. The first-order valence-corrected chi connectivity index (χ1v) is 12.8. The van der Waals surface area contributed by atoms with Crippen LogP contribution in [-0.2, 0) is 26.0 Å². The Morgan fingerprint density at radius 3 is 2.44 bits per heavy atom. The topological polar surface area (TPSA) is 126 Å². The number of anilines is 1. The number of rotatable bonds is 7. The minimum Gasteiger partial charge on any atom is -0.296 e. The van der Waals surface area contributed by atoms with Crippen molar-refractivity contribution in [1.82, 2.24) is 5.32 Å². The molecule has 1 aliphatic heterocycles. The van der Waals surface area contributed by atoms with Crippen molar-refractivity contribution >= 4 is 39.1 Å². The molecule has 2 aromatic carbocycles. The number of nitrogens with one attached hydrogen (secondary N) is 2. The largest absolute Gasteiger partial charge is 0.296 e. The summed E-state index contributed by atoms with van der Waals surface area (Å²) in [6, 6.07) is 11.1. The number of sulfonamides is 1. The van der Waals surface area contributed by atoms with E-state index in [2.05, 4.69) is 10.0 Å². The summed E-state index contributed by atoms with van der Waals surface area (Å²) in [6.45, 7) is 1.87. The predicted octanol–water partition coefficient (Wildman–Crippen LogP) is 3.27. The second kappa shape index (κ2) is 9.50. The van der Waals surface area contributed by atoms with Crippen LogP contribution in [0.2, 0.25) is 0 Å². The summed E-state index contributed by atoms with van der Waals surface area (Å²) in [7, 11) is -3.86. The van der Waals surface area contributed by atoms with Crippen molar-refractivity contribution in [3.8, 4) is 0 Å². The lowest BCUT2D eigenvalue weighted by Gasteiger charge is -2.26. The molecule has 0 saturated carbocycles. The molecule has 2 atom stereocenters. The molecule has 1 aliphatic carbocycles. The van der Waals surface area contributed by atoms with Crippen LogP contribution in [0.3, 0.4) is 0 Å². The summed E-state index contributed by atoms with van der Waals surface area (Å²) in [5.74, 6) is -1.92. The van der Waals surface area contributed by atoms with Gasteiger partial charge in [0.25, 0.3) is 10.0 Å². The van der Waals surface area contributed by atoms with Gasteiger partial charge in [0.05, 0.1) is 4.90 Å². The number of aryl methyl sites for hydroxylation is 1. The molecule has 0 radical (unpaired) electrons. The molecule has 2 amide bonds. The Morgan fingerprint density at radius 1 is 0.971 bits per heavy atom. The fourth-order valence-electron chi connectivity index (χ4n) is 4.62. The van der Waals surface area contributed by atoms with Crippen LogP contribution in [0, 0.1) is 11.8 Å². The molecule has 2 N–H and O–H groups in total. The highest BCUT2D eigenvalue weighted by Gasteiger charge is 2.35. The monoisotopic (exact) mass is 482 g/mol. The number of carbonyl (C=O) groups excluding carboxylic acids is 4. The zero-order valence-electron chi connectivity index (χ0n) is 18.8. The third-order valence-corrected chi connectivity index (χ3v) is 7.98. The van der Waals surface area contributed by atoms with Gasteiger partial charge in [-0.25, -0.2) is 8.42 Å². The van der Waals surface area contributed by atoms with E-state index < -0.39 is 15.9 Å². The van der Waals surface area contributed by atoms with E-state index in [0.29, 0.717) is 31.2 Å². The Kier molecular flexibility index (Phi) is 6.65. The molecule has 2 aliphatic rings. The van der Waals surface area contributed by atoms with Gasteiger partial charge in [-0.2, -0.15) is 0 Å². The number of ketones is 2. The quantitative estimate of drug-likeness (QED) is 0.583. The molecule has 4 rings (SSSR count). The fourth-order valence-corrected chi connectivity index (χ4v) is 5.98. The molecule has 1 fully saturated rings. The van der Waals surface area contributed by atoms with E-state index in [4.69, 9.17) is 0 Å². The smallest absolute Gasteiger partial charge is 0.262 e. The van der Waals surface area contributed by atoms with E-state index in [1.807, 2.05) is 6.92 Å². The Hall–Kier alpha value is -3.33. The number of Topliss-reactive ketones (excluding diaryl/α,β-unsaturated/α-hetero) is 2.